The van der Waals surface area contributed by atoms with E-state index in [0.717, 1.165) is 59.2 Å². The van der Waals surface area contributed by atoms with Crippen molar-refractivity contribution in [1.29, 1.82) is 0 Å². The van der Waals surface area contributed by atoms with Gasteiger partial charge in [0.25, 0.3) is 0 Å². The fraction of sp³-hybridized carbons (Fsp3) is 0.278. The van der Waals surface area contributed by atoms with Crippen LogP contribution < -0.4 is 16.8 Å². The van der Waals surface area contributed by atoms with E-state index in [1.165, 1.54) is 0 Å². The fourth-order valence-corrected chi connectivity index (χ4v) is 3.03. The van der Waals surface area contributed by atoms with Crippen LogP contribution in [-0.4, -0.2) is 19.4 Å². The van der Waals surface area contributed by atoms with Crippen LogP contribution in [0.3, 0.4) is 0 Å². The number of carbonyl (C=O) groups is 1. The molecule has 0 aliphatic carbocycles. The molecule has 5 N–H and O–H groups in total. The highest BCUT2D eigenvalue weighted by molar-refractivity contribution is 9.10. The summed E-state index contributed by atoms with van der Waals surface area (Å²) in [7, 11) is 0. The highest BCUT2D eigenvalue weighted by atomic mass is 79.9. The van der Waals surface area contributed by atoms with Gasteiger partial charge in [0.15, 0.2) is 0 Å². The highest BCUT2D eigenvalue weighted by Gasteiger charge is 2.10. The second-order valence-corrected chi connectivity index (χ2v) is 6.44. The van der Waals surface area contributed by atoms with Gasteiger partial charge in [-0.25, -0.2) is 0 Å². The van der Waals surface area contributed by atoms with Crippen LogP contribution in [0.4, 0.5) is 11.4 Å². The van der Waals surface area contributed by atoms with Crippen LogP contribution in [0.1, 0.15) is 12.8 Å². The van der Waals surface area contributed by atoms with Crippen molar-refractivity contribution in [1.82, 2.24) is 5.32 Å². The Morgan fingerprint density at radius 2 is 1.61 bits per heavy atom. The molecule has 5 heteroatoms. The van der Waals surface area contributed by atoms with Gasteiger partial charge in [0.1, 0.15) is 6.29 Å². The number of nitrogens with two attached hydrogens (primary N) is 2. The average Bonchev–Trinajstić information content (AvgIpc) is 2.57. The number of carbonyl (C=O) groups excluding carboxylic acids is 1. The van der Waals surface area contributed by atoms with Gasteiger partial charge in [0, 0.05) is 21.8 Å². The van der Waals surface area contributed by atoms with Crippen molar-refractivity contribution in [3.63, 3.8) is 0 Å². The number of hydrogen-bond acceptors (Lipinski definition) is 4. The van der Waals surface area contributed by atoms with Gasteiger partial charge in [-0.2, -0.15) is 0 Å². The van der Waals surface area contributed by atoms with E-state index in [9.17, 15) is 4.79 Å². The normalized spacial score (nSPS) is 14.7. The van der Waals surface area contributed by atoms with Crippen molar-refractivity contribution >= 4 is 33.6 Å². The number of hydrogen-bond donors (Lipinski definition) is 3. The van der Waals surface area contributed by atoms with Gasteiger partial charge in [-0.05, 0) is 61.3 Å². The molecule has 1 aliphatic rings. The number of nitrogen functional groups attached to an aromatic ring is 2. The van der Waals surface area contributed by atoms with E-state index in [1.54, 1.807) is 0 Å². The summed E-state index contributed by atoms with van der Waals surface area (Å²) in [6, 6.07) is 13.5. The Morgan fingerprint density at radius 1 is 1.00 bits per heavy atom. The Labute approximate surface area is 145 Å². The lowest BCUT2D eigenvalue weighted by Gasteiger charge is -2.16. The van der Waals surface area contributed by atoms with Gasteiger partial charge in [0.2, 0.25) is 0 Å². The molecule has 0 saturated carbocycles. The van der Waals surface area contributed by atoms with Crippen molar-refractivity contribution < 1.29 is 4.79 Å². The minimum absolute atomic E-state index is 0.344. The molecular weight excluding hydrogens is 354 g/mol. The summed E-state index contributed by atoms with van der Waals surface area (Å²) in [4.78, 5) is 10.1. The second-order valence-electron chi connectivity index (χ2n) is 5.58. The first kappa shape index (κ1) is 17.5. The molecule has 23 heavy (non-hydrogen) atoms. The summed E-state index contributed by atoms with van der Waals surface area (Å²) >= 11 is 3.49. The molecule has 1 aliphatic heterocycles. The molecule has 0 bridgehead atoms. The number of nitrogens with one attached hydrogen (secondary N) is 1. The molecule has 122 valence electrons. The lowest BCUT2D eigenvalue weighted by Crippen LogP contribution is -2.28. The van der Waals surface area contributed by atoms with Gasteiger partial charge in [-0.15, -0.1) is 0 Å². The topological polar surface area (TPSA) is 81.1 Å². The van der Waals surface area contributed by atoms with E-state index in [2.05, 4.69) is 21.2 Å². The van der Waals surface area contributed by atoms with Crippen LogP contribution in [0.2, 0.25) is 0 Å². The minimum Gasteiger partial charge on any atom is -0.399 e. The monoisotopic (exact) mass is 375 g/mol. The van der Waals surface area contributed by atoms with E-state index >= 15 is 0 Å². The summed E-state index contributed by atoms with van der Waals surface area (Å²) in [5, 5.41) is 3.19. The number of aldehydes is 1. The van der Waals surface area contributed by atoms with Crippen LogP contribution in [-0.2, 0) is 4.79 Å². The zero-order valence-electron chi connectivity index (χ0n) is 13.0. The Bertz CT molecular complexity index is 637. The van der Waals surface area contributed by atoms with Gasteiger partial charge in [-0.3, -0.25) is 0 Å². The Kier molecular flexibility index (Phi) is 6.62. The quantitative estimate of drug-likeness (QED) is 0.554. The van der Waals surface area contributed by atoms with Crippen molar-refractivity contribution in [3.8, 4) is 11.1 Å². The second kappa shape index (κ2) is 8.70. The molecule has 4 nitrogen and oxygen atoms in total. The molecule has 0 radical (unpaired) electrons. The lowest BCUT2D eigenvalue weighted by atomic mass is 10.0. The van der Waals surface area contributed by atoms with E-state index in [1.807, 2.05) is 42.5 Å². The van der Waals surface area contributed by atoms with Crippen LogP contribution in [0.25, 0.3) is 11.1 Å². The van der Waals surface area contributed by atoms with Crippen molar-refractivity contribution in [3.05, 3.63) is 46.9 Å². The van der Waals surface area contributed by atoms with Gasteiger partial charge in [-0.1, -0.05) is 34.1 Å². The van der Waals surface area contributed by atoms with Crippen LogP contribution in [0.5, 0.6) is 0 Å². The fourth-order valence-electron chi connectivity index (χ4n) is 2.41. The van der Waals surface area contributed by atoms with Gasteiger partial charge in [0.05, 0.1) is 0 Å². The summed E-state index contributed by atoms with van der Waals surface area (Å²) in [6.45, 7) is 2.03. The molecule has 0 amide bonds. The Balaban J connectivity index is 0.000000203. The number of piperidine rings is 1. The molecule has 1 saturated heterocycles. The maximum atomic E-state index is 10.1. The number of halogens is 1. The van der Waals surface area contributed by atoms with Crippen LogP contribution in [0, 0.1) is 5.92 Å². The third kappa shape index (κ3) is 5.37. The molecule has 0 aromatic heterocycles. The molecule has 1 heterocycles. The van der Waals surface area contributed by atoms with E-state index in [-0.39, 0.29) is 0 Å². The molecule has 1 fully saturated rings. The van der Waals surface area contributed by atoms with E-state index < -0.39 is 0 Å². The average molecular weight is 376 g/mol. The third-order valence-electron chi connectivity index (χ3n) is 3.79. The third-order valence-corrected chi connectivity index (χ3v) is 4.45. The summed E-state index contributed by atoms with van der Waals surface area (Å²) in [6.07, 6.45) is 3.13. The smallest absolute Gasteiger partial charge is 0.123 e. The van der Waals surface area contributed by atoms with Crippen molar-refractivity contribution in [2.45, 2.75) is 12.8 Å². The zero-order chi connectivity index (χ0) is 16.7. The van der Waals surface area contributed by atoms with Gasteiger partial charge >= 0.3 is 0 Å². The predicted octanol–water partition coefficient (Wildman–Crippen LogP) is 3.47. The van der Waals surface area contributed by atoms with Crippen LogP contribution >= 0.6 is 15.9 Å². The number of anilines is 2. The predicted molar refractivity (Wildman–Crippen MR) is 100 cm³/mol. The first-order valence-electron chi connectivity index (χ1n) is 7.67. The van der Waals surface area contributed by atoms with E-state index in [4.69, 9.17) is 11.5 Å². The molecule has 2 aromatic rings. The molecule has 2 aromatic carbocycles. The standard InChI is InChI=1S/C12H11BrN2.C6H11NO/c13-12-7-10(15)5-6-11(12)8-1-3-9(14)4-2-8;8-5-6-1-3-7-4-2-6/h1-7H,14-15H2;5-7H,1-4H2. The van der Waals surface area contributed by atoms with Gasteiger partial charge < -0.3 is 21.6 Å². The molecule has 0 unspecified atom stereocenters. The maximum Gasteiger partial charge on any atom is 0.123 e. The highest BCUT2D eigenvalue weighted by Crippen LogP contribution is 2.30. The summed E-state index contributed by atoms with van der Waals surface area (Å²) in [5.41, 5.74) is 15.1. The summed E-state index contributed by atoms with van der Waals surface area (Å²) in [5.74, 6) is 0.344. The van der Waals surface area contributed by atoms with E-state index in [0.29, 0.717) is 5.92 Å². The molecule has 3 rings (SSSR count). The zero-order valence-corrected chi connectivity index (χ0v) is 14.6. The minimum atomic E-state index is 0.344. The van der Waals surface area contributed by atoms with Crippen LogP contribution in [0.15, 0.2) is 46.9 Å². The summed E-state index contributed by atoms with van der Waals surface area (Å²) < 4.78 is 0.993. The molecule has 0 atom stereocenters. The number of benzene rings is 2. The van der Waals surface area contributed by atoms with Crippen molar-refractivity contribution in [2.75, 3.05) is 24.6 Å². The first-order chi connectivity index (χ1) is 11.1. The Morgan fingerprint density at radius 3 is 2.13 bits per heavy atom. The first-order valence-corrected chi connectivity index (χ1v) is 8.46. The molecule has 0 spiro atoms. The molecular formula is C18H22BrN3O. The largest absolute Gasteiger partial charge is 0.399 e. The lowest BCUT2D eigenvalue weighted by molar-refractivity contribution is -0.111. The number of rotatable bonds is 2. The maximum absolute atomic E-state index is 10.1. The Hall–Kier alpha value is -1.85. The van der Waals surface area contributed by atoms with Crippen molar-refractivity contribution in [2.24, 2.45) is 5.92 Å². The SMILES string of the molecule is Nc1ccc(-c2ccc(N)cc2Br)cc1.O=CC1CCNCC1.